The SMILES string of the molecule is CNCC1CCCN1C(=O)c1ccc(-c2ncon2)cc1. The predicted octanol–water partition coefficient (Wildman–Crippen LogP) is 1.56. The van der Waals surface area contributed by atoms with Gasteiger partial charge >= 0.3 is 0 Å². The van der Waals surface area contributed by atoms with Crippen LogP contribution in [0.4, 0.5) is 0 Å². The van der Waals surface area contributed by atoms with Gasteiger partial charge in [-0.25, -0.2) is 0 Å². The van der Waals surface area contributed by atoms with E-state index in [0.717, 1.165) is 31.5 Å². The number of carbonyl (C=O) groups is 1. The third-order valence-electron chi connectivity index (χ3n) is 3.83. The predicted molar refractivity (Wildman–Crippen MR) is 77.7 cm³/mol. The molecule has 0 aliphatic carbocycles. The van der Waals surface area contributed by atoms with E-state index in [2.05, 4.69) is 15.5 Å². The molecule has 1 aromatic heterocycles. The molecule has 0 bridgehead atoms. The van der Waals surface area contributed by atoms with Crippen LogP contribution in [0.2, 0.25) is 0 Å². The largest absolute Gasteiger partial charge is 0.342 e. The molecule has 1 aromatic carbocycles. The Bertz CT molecular complexity index is 595. The van der Waals surface area contributed by atoms with Crippen LogP contribution in [0.5, 0.6) is 0 Å². The van der Waals surface area contributed by atoms with Gasteiger partial charge in [0.2, 0.25) is 12.2 Å². The highest BCUT2D eigenvalue weighted by atomic mass is 16.5. The summed E-state index contributed by atoms with van der Waals surface area (Å²) in [5.41, 5.74) is 1.54. The molecule has 1 N–H and O–H groups in total. The molecule has 2 aromatic rings. The Balaban J connectivity index is 1.76. The minimum absolute atomic E-state index is 0.0902. The van der Waals surface area contributed by atoms with Crippen LogP contribution in [-0.2, 0) is 0 Å². The minimum atomic E-state index is 0.0902. The number of nitrogens with one attached hydrogen (secondary N) is 1. The number of benzene rings is 1. The van der Waals surface area contributed by atoms with Gasteiger partial charge in [-0.05, 0) is 32.0 Å². The van der Waals surface area contributed by atoms with Crippen molar-refractivity contribution in [2.24, 2.45) is 0 Å². The second-order valence-corrected chi connectivity index (χ2v) is 5.18. The molecule has 1 aliphatic rings. The number of hydrogen-bond donors (Lipinski definition) is 1. The first kappa shape index (κ1) is 13.8. The van der Waals surface area contributed by atoms with Crippen LogP contribution in [0, 0.1) is 0 Å². The highest BCUT2D eigenvalue weighted by molar-refractivity contribution is 5.95. The van der Waals surface area contributed by atoms with Crippen molar-refractivity contribution in [1.82, 2.24) is 20.4 Å². The van der Waals surface area contributed by atoms with Crippen LogP contribution in [0.1, 0.15) is 23.2 Å². The maximum absolute atomic E-state index is 12.6. The molecule has 21 heavy (non-hydrogen) atoms. The van der Waals surface area contributed by atoms with Crippen LogP contribution in [-0.4, -0.2) is 47.1 Å². The zero-order valence-electron chi connectivity index (χ0n) is 12.0. The summed E-state index contributed by atoms with van der Waals surface area (Å²) in [5, 5.41) is 6.94. The van der Waals surface area contributed by atoms with Crippen LogP contribution in [0.25, 0.3) is 11.4 Å². The molecule has 1 unspecified atom stereocenters. The average Bonchev–Trinajstić information content (AvgIpc) is 3.19. The molecule has 0 radical (unpaired) electrons. The molecule has 3 rings (SSSR count). The van der Waals surface area contributed by atoms with Gasteiger partial charge in [-0.3, -0.25) is 4.79 Å². The molecular weight excluding hydrogens is 268 g/mol. The van der Waals surface area contributed by atoms with Gasteiger partial charge in [-0.2, -0.15) is 4.98 Å². The van der Waals surface area contributed by atoms with Crippen LogP contribution in [0.3, 0.4) is 0 Å². The topological polar surface area (TPSA) is 71.3 Å². The Hall–Kier alpha value is -2.21. The van der Waals surface area contributed by atoms with E-state index in [0.29, 0.717) is 17.4 Å². The van der Waals surface area contributed by atoms with Crippen molar-refractivity contribution in [3.8, 4) is 11.4 Å². The maximum Gasteiger partial charge on any atom is 0.254 e. The Morgan fingerprint density at radius 1 is 1.43 bits per heavy atom. The molecule has 0 spiro atoms. The highest BCUT2D eigenvalue weighted by Crippen LogP contribution is 2.21. The number of aromatic nitrogens is 2. The second kappa shape index (κ2) is 6.05. The van der Waals surface area contributed by atoms with E-state index in [4.69, 9.17) is 4.52 Å². The van der Waals surface area contributed by atoms with E-state index >= 15 is 0 Å². The molecule has 1 aliphatic heterocycles. The van der Waals surface area contributed by atoms with Gasteiger partial charge in [0.1, 0.15) is 0 Å². The molecule has 2 heterocycles. The fourth-order valence-electron chi connectivity index (χ4n) is 2.78. The van der Waals surface area contributed by atoms with Crippen molar-refractivity contribution in [3.63, 3.8) is 0 Å². The standard InChI is InChI=1S/C15H18N4O2/c1-16-9-13-3-2-8-19(13)15(20)12-6-4-11(5-7-12)14-17-10-21-18-14/h4-7,10,13,16H,2-3,8-9H2,1H3. The Kier molecular flexibility index (Phi) is 3.96. The lowest BCUT2D eigenvalue weighted by Crippen LogP contribution is -2.40. The zero-order chi connectivity index (χ0) is 14.7. The van der Waals surface area contributed by atoms with Crippen molar-refractivity contribution < 1.29 is 9.32 Å². The van der Waals surface area contributed by atoms with Gasteiger partial charge < -0.3 is 14.7 Å². The summed E-state index contributed by atoms with van der Waals surface area (Å²) in [7, 11) is 1.92. The van der Waals surface area contributed by atoms with Crippen LogP contribution in [0.15, 0.2) is 35.2 Å². The number of likely N-dealkylation sites (tertiary alicyclic amines) is 1. The zero-order valence-corrected chi connectivity index (χ0v) is 12.0. The Labute approximate surface area is 123 Å². The Morgan fingerprint density at radius 3 is 2.90 bits per heavy atom. The maximum atomic E-state index is 12.6. The smallest absolute Gasteiger partial charge is 0.254 e. The lowest BCUT2D eigenvalue weighted by Gasteiger charge is -2.24. The third kappa shape index (κ3) is 2.80. The van der Waals surface area contributed by atoms with Crippen molar-refractivity contribution in [2.75, 3.05) is 20.1 Å². The number of hydrogen-bond acceptors (Lipinski definition) is 5. The minimum Gasteiger partial charge on any atom is -0.342 e. The van der Waals surface area contributed by atoms with E-state index in [1.165, 1.54) is 6.39 Å². The monoisotopic (exact) mass is 286 g/mol. The molecule has 0 saturated carbocycles. The van der Waals surface area contributed by atoms with Crippen molar-refractivity contribution >= 4 is 5.91 Å². The molecule has 1 fully saturated rings. The quantitative estimate of drug-likeness (QED) is 0.923. The van der Waals surface area contributed by atoms with Gasteiger partial charge in [0.25, 0.3) is 5.91 Å². The normalized spacial score (nSPS) is 18.1. The van der Waals surface area contributed by atoms with E-state index < -0.39 is 0 Å². The molecule has 1 atom stereocenters. The van der Waals surface area contributed by atoms with E-state index in [1.54, 1.807) is 0 Å². The number of carbonyl (C=O) groups excluding carboxylic acids is 1. The number of amides is 1. The molecule has 6 nitrogen and oxygen atoms in total. The summed E-state index contributed by atoms with van der Waals surface area (Å²) in [4.78, 5) is 18.5. The van der Waals surface area contributed by atoms with Gasteiger partial charge in [0, 0.05) is 30.3 Å². The molecule has 1 amide bonds. The lowest BCUT2D eigenvalue weighted by molar-refractivity contribution is 0.0737. The molecule has 1 saturated heterocycles. The van der Waals surface area contributed by atoms with Crippen LogP contribution >= 0.6 is 0 Å². The molecule has 110 valence electrons. The third-order valence-corrected chi connectivity index (χ3v) is 3.83. The summed E-state index contributed by atoms with van der Waals surface area (Å²) in [5.74, 6) is 0.621. The summed E-state index contributed by atoms with van der Waals surface area (Å²) < 4.78 is 4.73. The highest BCUT2D eigenvalue weighted by Gasteiger charge is 2.28. The van der Waals surface area contributed by atoms with Gasteiger partial charge in [-0.1, -0.05) is 17.3 Å². The Morgan fingerprint density at radius 2 is 2.24 bits per heavy atom. The van der Waals surface area contributed by atoms with Gasteiger partial charge in [-0.15, -0.1) is 0 Å². The van der Waals surface area contributed by atoms with E-state index in [-0.39, 0.29) is 5.91 Å². The summed E-state index contributed by atoms with van der Waals surface area (Å²) in [6.45, 7) is 1.67. The van der Waals surface area contributed by atoms with Crippen molar-refractivity contribution in [3.05, 3.63) is 36.2 Å². The first-order valence-corrected chi connectivity index (χ1v) is 7.12. The fraction of sp³-hybridized carbons (Fsp3) is 0.400. The van der Waals surface area contributed by atoms with Crippen molar-refractivity contribution in [1.29, 1.82) is 0 Å². The van der Waals surface area contributed by atoms with E-state index in [9.17, 15) is 4.79 Å². The second-order valence-electron chi connectivity index (χ2n) is 5.18. The number of nitrogens with zero attached hydrogens (tertiary/aromatic N) is 3. The van der Waals surface area contributed by atoms with Crippen LogP contribution < -0.4 is 5.32 Å². The summed E-state index contributed by atoms with van der Waals surface area (Å²) in [6.07, 6.45) is 3.42. The van der Waals surface area contributed by atoms with E-state index in [1.807, 2.05) is 36.2 Å². The lowest BCUT2D eigenvalue weighted by atomic mass is 10.1. The fourth-order valence-corrected chi connectivity index (χ4v) is 2.78. The van der Waals surface area contributed by atoms with Gasteiger partial charge in [0.15, 0.2) is 0 Å². The summed E-state index contributed by atoms with van der Waals surface area (Å²) >= 11 is 0. The number of rotatable bonds is 4. The average molecular weight is 286 g/mol. The van der Waals surface area contributed by atoms with Gasteiger partial charge in [0.05, 0.1) is 0 Å². The first-order valence-electron chi connectivity index (χ1n) is 7.12. The summed E-state index contributed by atoms with van der Waals surface area (Å²) in [6, 6.07) is 7.63. The van der Waals surface area contributed by atoms with Crippen molar-refractivity contribution in [2.45, 2.75) is 18.9 Å². The first-order chi connectivity index (χ1) is 10.3. The molecule has 6 heteroatoms. The number of likely N-dealkylation sites (N-methyl/N-ethyl adjacent to an activating group) is 1. The molecular formula is C15H18N4O2.